The molecule has 3 unspecified atom stereocenters. The SMILES string of the molecule is N#CC1CC(C(=O)NCC(=O)N2CCC[C@H]2C(=O)NCC(=O)CF)CCC1Cl. The van der Waals surface area contributed by atoms with E-state index < -0.39 is 36.9 Å². The van der Waals surface area contributed by atoms with Crippen LogP contribution in [0.15, 0.2) is 0 Å². The van der Waals surface area contributed by atoms with E-state index in [9.17, 15) is 23.6 Å². The van der Waals surface area contributed by atoms with Gasteiger partial charge in [0.15, 0.2) is 5.78 Å². The van der Waals surface area contributed by atoms with E-state index in [1.54, 1.807) is 0 Å². The molecule has 2 aliphatic rings. The van der Waals surface area contributed by atoms with Crippen molar-refractivity contribution in [2.45, 2.75) is 43.5 Å². The van der Waals surface area contributed by atoms with Crippen molar-refractivity contribution < 1.29 is 23.6 Å². The van der Waals surface area contributed by atoms with Crippen LogP contribution in [0.3, 0.4) is 0 Å². The molecule has 1 saturated heterocycles. The highest BCUT2D eigenvalue weighted by Gasteiger charge is 2.36. The van der Waals surface area contributed by atoms with E-state index in [0.717, 1.165) is 0 Å². The Morgan fingerprint density at radius 2 is 1.82 bits per heavy atom. The van der Waals surface area contributed by atoms with E-state index in [1.165, 1.54) is 4.90 Å². The van der Waals surface area contributed by atoms with E-state index in [-0.39, 0.29) is 29.7 Å². The molecule has 1 heterocycles. The fourth-order valence-electron chi connectivity index (χ4n) is 3.60. The van der Waals surface area contributed by atoms with E-state index in [0.29, 0.717) is 38.6 Å². The maximum Gasteiger partial charge on any atom is 0.243 e. The molecule has 1 aliphatic heterocycles. The fraction of sp³-hybridized carbons (Fsp3) is 0.722. The van der Waals surface area contributed by atoms with Gasteiger partial charge in [-0.1, -0.05) is 0 Å². The monoisotopic (exact) mass is 414 g/mol. The van der Waals surface area contributed by atoms with Crippen molar-refractivity contribution in [1.82, 2.24) is 15.5 Å². The molecule has 1 aliphatic carbocycles. The van der Waals surface area contributed by atoms with E-state index in [2.05, 4.69) is 16.7 Å². The molecule has 10 heteroatoms. The molecule has 28 heavy (non-hydrogen) atoms. The molecule has 154 valence electrons. The Hall–Kier alpha value is -2.21. The lowest BCUT2D eigenvalue weighted by molar-refractivity contribution is -0.139. The second-order valence-corrected chi connectivity index (χ2v) is 7.68. The highest BCUT2D eigenvalue weighted by atomic mass is 35.5. The van der Waals surface area contributed by atoms with Crippen LogP contribution >= 0.6 is 11.6 Å². The van der Waals surface area contributed by atoms with Crippen LogP contribution in [-0.2, 0) is 19.2 Å². The Kier molecular flexibility index (Phi) is 8.18. The molecule has 0 aromatic carbocycles. The zero-order chi connectivity index (χ0) is 20.7. The number of hydrogen-bond acceptors (Lipinski definition) is 5. The number of halogens is 2. The fourth-order valence-corrected chi connectivity index (χ4v) is 3.89. The van der Waals surface area contributed by atoms with Crippen LogP contribution < -0.4 is 10.6 Å². The normalized spacial score (nSPS) is 27.0. The minimum Gasteiger partial charge on any atom is -0.347 e. The van der Waals surface area contributed by atoms with Gasteiger partial charge in [-0.2, -0.15) is 5.26 Å². The summed E-state index contributed by atoms with van der Waals surface area (Å²) >= 11 is 6.07. The van der Waals surface area contributed by atoms with Crippen LogP contribution in [0.2, 0.25) is 0 Å². The van der Waals surface area contributed by atoms with Gasteiger partial charge in [0.05, 0.1) is 25.1 Å². The molecular formula is C18H24ClFN4O4. The number of likely N-dealkylation sites (tertiary alicyclic amines) is 1. The molecule has 0 radical (unpaired) electrons. The summed E-state index contributed by atoms with van der Waals surface area (Å²) in [5.74, 6) is -2.69. The Bertz CT molecular complexity index is 668. The number of amides is 3. The first-order valence-corrected chi connectivity index (χ1v) is 9.77. The molecule has 0 aromatic rings. The first-order chi connectivity index (χ1) is 13.4. The summed E-state index contributed by atoms with van der Waals surface area (Å²) in [5.41, 5.74) is 0. The highest BCUT2D eigenvalue weighted by molar-refractivity contribution is 6.21. The molecule has 8 nitrogen and oxygen atoms in total. The molecule has 0 aromatic heterocycles. The summed E-state index contributed by atoms with van der Waals surface area (Å²) in [6.45, 7) is -1.44. The van der Waals surface area contributed by atoms with Gasteiger partial charge >= 0.3 is 0 Å². The van der Waals surface area contributed by atoms with Gasteiger partial charge in [0.2, 0.25) is 17.7 Å². The van der Waals surface area contributed by atoms with E-state index in [1.807, 2.05) is 0 Å². The third-order valence-corrected chi connectivity index (χ3v) is 5.72. The second-order valence-electron chi connectivity index (χ2n) is 7.11. The maximum absolute atomic E-state index is 12.4. The number of rotatable bonds is 7. The van der Waals surface area contributed by atoms with Gasteiger partial charge in [-0.3, -0.25) is 19.2 Å². The summed E-state index contributed by atoms with van der Waals surface area (Å²) in [4.78, 5) is 49.3. The molecule has 2 fully saturated rings. The number of nitrogens with one attached hydrogen (secondary N) is 2. The molecule has 3 amide bonds. The molecule has 4 atom stereocenters. The largest absolute Gasteiger partial charge is 0.347 e. The smallest absolute Gasteiger partial charge is 0.243 e. The zero-order valence-corrected chi connectivity index (χ0v) is 16.2. The van der Waals surface area contributed by atoms with Crippen molar-refractivity contribution in [3.63, 3.8) is 0 Å². The lowest BCUT2D eigenvalue weighted by Gasteiger charge is -2.28. The number of nitriles is 1. The minimum atomic E-state index is -1.15. The number of nitrogens with zero attached hydrogens (tertiary/aromatic N) is 2. The predicted octanol–water partition coefficient (Wildman–Crippen LogP) is 0.296. The van der Waals surface area contributed by atoms with Crippen molar-refractivity contribution >= 4 is 35.1 Å². The number of hydrogen-bond donors (Lipinski definition) is 2. The molecule has 1 saturated carbocycles. The van der Waals surface area contributed by atoms with Crippen LogP contribution in [0, 0.1) is 23.2 Å². The van der Waals surface area contributed by atoms with Crippen molar-refractivity contribution in [2.75, 3.05) is 26.3 Å². The van der Waals surface area contributed by atoms with Crippen molar-refractivity contribution in [3.8, 4) is 6.07 Å². The quantitative estimate of drug-likeness (QED) is 0.580. The number of Topliss-reactive ketones (excluding diaryl/α,β-unsaturated/α-hetero) is 1. The Morgan fingerprint density at radius 1 is 1.11 bits per heavy atom. The summed E-state index contributed by atoms with van der Waals surface area (Å²) in [5, 5.41) is 13.8. The van der Waals surface area contributed by atoms with Crippen LogP contribution in [0.25, 0.3) is 0 Å². The Morgan fingerprint density at radius 3 is 2.50 bits per heavy atom. The van der Waals surface area contributed by atoms with Gasteiger partial charge in [-0.15, -0.1) is 11.6 Å². The standard InChI is InChI=1S/C18H24ClFN4O4/c19-14-4-3-11(6-12(14)8-21)17(27)23-10-16(26)24-5-1-2-15(24)18(28)22-9-13(25)7-20/h11-12,14-15H,1-7,9-10H2,(H,22,28)(H,23,27)/t11?,12?,14?,15-/m0/s1. The average molecular weight is 415 g/mol. The molecular weight excluding hydrogens is 391 g/mol. The third kappa shape index (κ3) is 5.64. The van der Waals surface area contributed by atoms with Gasteiger partial charge in [0, 0.05) is 17.8 Å². The third-order valence-electron chi connectivity index (χ3n) is 5.20. The zero-order valence-electron chi connectivity index (χ0n) is 15.5. The lowest BCUT2D eigenvalue weighted by Crippen LogP contribution is -2.50. The van der Waals surface area contributed by atoms with Gasteiger partial charge in [-0.05, 0) is 32.1 Å². The van der Waals surface area contributed by atoms with Gasteiger partial charge in [0.1, 0.15) is 12.7 Å². The topological polar surface area (TPSA) is 119 Å². The Labute approximate surface area is 167 Å². The average Bonchev–Trinajstić information content (AvgIpc) is 3.20. The molecule has 0 spiro atoms. The van der Waals surface area contributed by atoms with Crippen molar-refractivity contribution in [2.24, 2.45) is 11.8 Å². The first kappa shape index (κ1) is 22.1. The second kappa shape index (κ2) is 10.4. The van der Waals surface area contributed by atoms with Gasteiger partial charge < -0.3 is 15.5 Å². The van der Waals surface area contributed by atoms with Crippen molar-refractivity contribution in [3.05, 3.63) is 0 Å². The number of carbonyl (C=O) groups is 4. The van der Waals surface area contributed by atoms with Crippen molar-refractivity contribution in [1.29, 1.82) is 5.26 Å². The number of carbonyl (C=O) groups excluding carboxylic acids is 4. The number of alkyl halides is 2. The minimum absolute atomic E-state index is 0.246. The highest BCUT2D eigenvalue weighted by Crippen LogP contribution is 2.32. The van der Waals surface area contributed by atoms with Crippen LogP contribution in [0.4, 0.5) is 4.39 Å². The molecule has 2 rings (SSSR count). The van der Waals surface area contributed by atoms with Gasteiger partial charge in [-0.25, -0.2) is 4.39 Å². The summed E-state index contributed by atoms with van der Waals surface area (Å²) in [6, 6.07) is 1.38. The van der Waals surface area contributed by atoms with Gasteiger partial charge in [0.25, 0.3) is 0 Å². The number of ketones is 1. The summed E-state index contributed by atoms with van der Waals surface area (Å²) < 4.78 is 12.2. The molecule has 2 N–H and O–H groups in total. The summed E-state index contributed by atoms with van der Waals surface area (Å²) in [6.07, 6.45) is 2.56. The van der Waals surface area contributed by atoms with Crippen LogP contribution in [0.5, 0.6) is 0 Å². The molecule has 0 bridgehead atoms. The van der Waals surface area contributed by atoms with E-state index >= 15 is 0 Å². The Balaban J connectivity index is 1.83. The van der Waals surface area contributed by atoms with Crippen LogP contribution in [0.1, 0.15) is 32.1 Å². The summed E-state index contributed by atoms with van der Waals surface area (Å²) in [7, 11) is 0. The first-order valence-electron chi connectivity index (χ1n) is 9.33. The van der Waals surface area contributed by atoms with Crippen LogP contribution in [-0.4, -0.2) is 66.1 Å². The predicted molar refractivity (Wildman–Crippen MR) is 97.8 cm³/mol. The lowest BCUT2D eigenvalue weighted by atomic mass is 9.81. The maximum atomic E-state index is 12.4. The van der Waals surface area contributed by atoms with E-state index in [4.69, 9.17) is 16.9 Å².